The molecule has 0 bridgehead atoms. The first-order valence-corrected chi connectivity index (χ1v) is 10.9. The Morgan fingerprint density at radius 1 is 0.939 bits per heavy atom. The number of hydrogen-bond acceptors (Lipinski definition) is 5. The largest absolute Gasteiger partial charge is 0.493 e. The van der Waals surface area contributed by atoms with Crippen molar-refractivity contribution in [3.05, 3.63) is 87.0 Å². The molecule has 0 aliphatic carbocycles. The summed E-state index contributed by atoms with van der Waals surface area (Å²) in [6.07, 6.45) is 2.00. The summed E-state index contributed by atoms with van der Waals surface area (Å²) in [6.45, 7) is 5.60. The monoisotopic (exact) mass is 446 g/mol. The van der Waals surface area contributed by atoms with Gasteiger partial charge in [-0.2, -0.15) is 5.10 Å². The molecule has 1 N–H and O–H groups in total. The first kappa shape index (κ1) is 22.6. The fourth-order valence-corrected chi connectivity index (χ4v) is 4.08. The topological polar surface area (TPSA) is 70.3 Å². The van der Waals surface area contributed by atoms with Crippen molar-refractivity contribution in [3.8, 4) is 11.5 Å². The van der Waals surface area contributed by atoms with Crippen molar-refractivity contribution in [2.45, 2.75) is 33.5 Å². The van der Waals surface area contributed by atoms with Crippen molar-refractivity contribution in [2.24, 2.45) is 7.05 Å². The van der Waals surface area contributed by atoms with Crippen LogP contribution in [0.2, 0.25) is 0 Å². The fourth-order valence-electron chi connectivity index (χ4n) is 4.08. The van der Waals surface area contributed by atoms with Gasteiger partial charge in [0, 0.05) is 48.9 Å². The molecule has 33 heavy (non-hydrogen) atoms. The van der Waals surface area contributed by atoms with Gasteiger partial charge in [0.25, 0.3) is 5.56 Å². The maximum absolute atomic E-state index is 13.6. The van der Waals surface area contributed by atoms with Crippen molar-refractivity contribution < 1.29 is 9.47 Å². The van der Waals surface area contributed by atoms with E-state index in [-0.39, 0.29) is 5.56 Å². The molecule has 0 saturated carbocycles. The van der Waals surface area contributed by atoms with Crippen molar-refractivity contribution >= 4 is 10.9 Å². The van der Waals surface area contributed by atoms with Crippen LogP contribution in [0.5, 0.6) is 11.5 Å². The minimum absolute atomic E-state index is 0.0225. The first-order chi connectivity index (χ1) is 15.9. The molecule has 0 atom stereocenters. The number of fused-ring (bicyclic) bond motifs is 1. The molecule has 7 nitrogen and oxygen atoms in total. The predicted molar refractivity (Wildman–Crippen MR) is 130 cm³/mol. The van der Waals surface area contributed by atoms with Gasteiger partial charge in [-0.15, -0.1) is 0 Å². The number of nitrogens with zero attached hydrogens (tertiary/aromatic N) is 3. The zero-order chi connectivity index (χ0) is 23.5. The summed E-state index contributed by atoms with van der Waals surface area (Å²) in [6, 6.07) is 14.0. The molecule has 2 aromatic carbocycles. The highest BCUT2D eigenvalue weighted by atomic mass is 16.5. The lowest BCUT2D eigenvalue weighted by molar-refractivity contribution is 0.355. The lowest BCUT2D eigenvalue weighted by Crippen LogP contribution is -2.28. The molecule has 172 valence electrons. The summed E-state index contributed by atoms with van der Waals surface area (Å²) in [5.41, 5.74) is 5.84. The van der Waals surface area contributed by atoms with Crippen molar-refractivity contribution in [3.63, 3.8) is 0 Å². The second-order valence-corrected chi connectivity index (χ2v) is 8.33. The SMILES string of the molecule is COc1cc2cc(CNCc3cn(C)nc3C)c(=O)n(Cc3ccc(C)cc3)c2cc1OC. The molecule has 2 aromatic heterocycles. The lowest BCUT2D eigenvalue weighted by Gasteiger charge is -2.16. The number of pyridine rings is 1. The quantitative estimate of drug-likeness (QED) is 0.447. The minimum atomic E-state index is -0.0225. The molecule has 0 amide bonds. The fraction of sp³-hybridized carbons (Fsp3) is 0.308. The van der Waals surface area contributed by atoms with Crippen LogP contribution in [-0.2, 0) is 26.7 Å². The molecule has 0 aliphatic heterocycles. The van der Waals surface area contributed by atoms with E-state index in [1.54, 1.807) is 18.9 Å². The van der Waals surface area contributed by atoms with E-state index in [0.717, 1.165) is 27.7 Å². The molecule has 4 rings (SSSR count). The van der Waals surface area contributed by atoms with Gasteiger partial charge in [0.1, 0.15) is 0 Å². The number of aryl methyl sites for hydroxylation is 3. The summed E-state index contributed by atoms with van der Waals surface area (Å²) in [4.78, 5) is 13.6. The number of rotatable bonds is 8. The Kier molecular flexibility index (Phi) is 6.51. The van der Waals surface area contributed by atoms with Gasteiger partial charge in [-0.3, -0.25) is 9.48 Å². The van der Waals surface area contributed by atoms with Gasteiger partial charge in [-0.25, -0.2) is 0 Å². The van der Waals surface area contributed by atoms with Crippen LogP contribution in [0.15, 0.2) is 53.5 Å². The van der Waals surface area contributed by atoms with Crippen molar-refractivity contribution in [1.29, 1.82) is 0 Å². The summed E-state index contributed by atoms with van der Waals surface area (Å²) in [5, 5.41) is 8.71. The zero-order valence-corrected chi connectivity index (χ0v) is 19.8. The average molecular weight is 447 g/mol. The number of nitrogens with one attached hydrogen (secondary N) is 1. The highest BCUT2D eigenvalue weighted by Crippen LogP contribution is 2.32. The molecule has 0 radical (unpaired) electrons. The standard InChI is InChI=1S/C26H30N4O3/c1-17-6-8-19(9-7-17)15-30-23-12-25(33-5)24(32-4)11-20(23)10-21(26(30)31)13-27-14-22-16-29(3)28-18(22)2/h6-12,16,27H,13-15H2,1-5H3. The number of hydrogen-bond donors (Lipinski definition) is 1. The van der Waals surface area contributed by atoms with Gasteiger partial charge < -0.3 is 19.4 Å². The van der Waals surface area contributed by atoms with E-state index in [1.165, 1.54) is 5.56 Å². The Morgan fingerprint density at radius 2 is 1.61 bits per heavy atom. The van der Waals surface area contributed by atoms with E-state index in [9.17, 15) is 4.79 Å². The van der Waals surface area contributed by atoms with Crippen LogP contribution in [0, 0.1) is 13.8 Å². The summed E-state index contributed by atoms with van der Waals surface area (Å²) >= 11 is 0. The van der Waals surface area contributed by atoms with Gasteiger partial charge in [-0.05, 0) is 31.5 Å². The summed E-state index contributed by atoms with van der Waals surface area (Å²) in [7, 11) is 5.13. The molecule has 2 heterocycles. The van der Waals surface area contributed by atoms with Crippen molar-refractivity contribution in [1.82, 2.24) is 19.7 Å². The third-order valence-corrected chi connectivity index (χ3v) is 5.88. The Balaban J connectivity index is 1.74. The Bertz CT molecular complexity index is 1340. The van der Waals surface area contributed by atoms with Crippen LogP contribution in [0.3, 0.4) is 0 Å². The van der Waals surface area contributed by atoms with Gasteiger partial charge in [0.05, 0.1) is 32.0 Å². The third-order valence-electron chi connectivity index (χ3n) is 5.88. The van der Waals surface area contributed by atoms with Crippen LogP contribution >= 0.6 is 0 Å². The van der Waals surface area contributed by atoms with Crippen LogP contribution in [0.1, 0.15) is 27.9 Å². The van der Waals surface area contributed by atoms with E-state index in [0.29, 0.717) is 36.7 Å². The van der Waals surface area contributed by atoms with Crippen LogP contribution < -0.4 is 20.3 Å². The average Bonchev–Trinajstić information content (AvgIpc) is 3.13. The van der Waals surface area contributed by atoms with E-state index in [4.69, 9.17) is 9.47 Å². The molecule has 0 spiro atoms. The van der Waals surface area contributed by atoms with Gasteiger partial charge >= 0.3 is 0 Å². The van der Waals surface area contributed by atoms with Crippen LogP contribution in [0.4, 0.5) is 0 Å². The smallest absolute Gasteiger partial charge is 0.255 e. The number of ether oxygens (including phenoxy) is 2. The van der Waals surface area contributed by atoms with E-state index in [2.05, 4.69) is 41.6 Å². The second-order valence-electron chi connectivity index (χ2n) is 8.33. The molecule has 4 aromatic rings. The van der Waals surface area contributed by atoms with Gasteiger partial charge in [0.15, 0.2) is 11.5 Å². The maximum atomic E-state index is 13.6. The van der Waals surface area contributed by atoms with E-state index < -0.39 is 0 Å². The van der Waals surface area contributed by atoms with Gasteiger partial charge in [0.2, 0.25) is 0 Å². The lowest BCUT2D eigenvalue weighted by atomic mass is 10.1. The normalized spacial score (nSPS) is 11.2. The maximum Gasteiger partial charge on any atom is 0.255 e. The van der Waals surface area contributed by atoms with Crippen molar-refractivity contribution in [2.75, 3.05) is 14.2 Å². The first-order valence-electron chi connectivity index (χ1n) is 10.9. The molecule has 0 saturated heterocycles. The second kappa shape index (κ2) is 9.50. The van der Waals surface area contributed by atoms with Crippen LogP contribution in [-0.4, -0.2) is 28.6 Å². The molecular weight excluding hydrogens is 416 g/mol. The van der Waals surface area contributed by atoms with Crippen LogP contribution in [0.25, 0.3) is 10.9 Å². The van der Waals surface area contributed by atoms with Gasteiger partial charge in [-0.1, -0.05) is 29.8 Å². The third kappa shape index (κ3) is 4.78. The summed E-state index contributed by atoms with van der Waals surface area (Å²) in [5.74, 6) is 1.23. The number of methoxy groups -OCH3 is 2. The predicted octanol–water partition coefficient (Wildman–Crippen LogP) is 3.71. The Labute approximate surface area is 193 Å². The molecule has 7 heteroatoms. The minimum Gasteiger partial charge on any atom is -0.493 e. The molecular formula is C26H30N4O3. The molecule has 0 fully saturated rings. The van der Waals surface area contributed by atoms with E-state index >= 15 is 0 Å². The highest BCUT2D eigenvalue weighted by molar-refractivity contribution is 5.84. The Hall–Kier alpha value is -3.58. The number of benzene rings is 2. The highest BCUT2D eigenvalue weighted by Gasteiger charge is 2.14. The Morgan fingerprint density at radius 3 is 2.24 bits per heavy atom. The zero-order valence-electron chi connectivity index (χ0n) is 19.8. The van der Waals surface area contributed by atoms with E-state index in [1.807, 2.05) is 42.9 Å². The number of aromatic nitrogens is 3. The summed E-state index contributed by atoms with van der Waals surface area (Å²) < 4.78 is 14.6. The molecule has 0 aliphatic rings. The molecule has 0 unspecified atom stereocenters.